The van der Waals surface area contributed by atoms with Gasteiger partial charge in [-0.15, -0.1) is 0 Å². The van der Waals surface area contributed by atoms with E-state index >= 15 is 0 Å². The molecule has 0 heterocycles. The maximum absolute atomic E-state index is 11.4. The number of aryl methyl sites for hydroxylation is 1. The van der Waals surface area contributed by atoms with Gasteiger partial charge in [0.1, 0.15) is 5.75 Å². The van der Waals surface area contributed by atoms with Gasteiger partial charge in [0.15, 0.2) is 0 Å². The molecule has 0 saturated heterocycles. The number of hydrogen-bond acceptors (Lipinski definition) is 2. The van der Waals surface area contributed by atoms with Crippen molar-refractivity contribution in [2.75, 3.05) is 13.2 Å². The number of carbonyl (C=O) groups excluding carboxylic acids is 1. The number of urea groups is 1. The van der Waals surface area contributed by atoms with Gasteiger partial charge in [-0.05, 0) is 51.3 Å². The molecule has 19 heavy (non-hydrogen) atoms. The normalized spacial score (nSPS) is 10.4. The first-order valence-electron chi connectivity index (χ1n) is 6.79. The van der Waals surface area contributed by atoms with E-state index in [2.05, 4.69) is 16.7 Å². The quantitative estimate of drug-likeness (QED) is 0.830. The van der Waals surface area contributed by atoms with Crippen molar-refractivity contribution in [3.8, 4) is 5.75 Å². The molecule has 0 aliphatic carbocycles. The lowest BCUT2D eigenvalue weighted by Crippen LogP contribution is -2.40. The predicted octanol–water partition coefficient (Wildman–Crippen LogP) is 2.64. The summed E-state index contributed by atoms with van der Waals surface area (Å²) in [5, 5.41) is 5.64. The van der Waals surface area contributed by atoms with Crippen molar-refractivity contribution in [3.63, 3.8) is 0 Å². The first-order chi connectivity index (χ1) is 9.02. The van der Waals surface area contributed by atoms with Crippen molar-refractivity contribution in [1.82, 2.24) is 10.6 Å². The molecule has 2 N–H and O–H groups in total. The summed E-state index contributed by atoms with van der Waals surface area (Å²) in [6.07, 6.45) is 0.818. The SMILES string of the molecule is CCOc1ccc(CCNC(=O)NC(C)C)cc1C. The highest BCUT2D eigenvalue weighted by molar-refractivity contribution is 5.74. The number of nitrogens with one attached hydrogen (secondary N) is 2. The third kappa shape index (κ3) is 5.64. The molecule has 0 saturated carbocycles. The minimum atomic E-state index is -0.113. The molecule has 0 spiro atoms. The Balaban J connectivity index is 2.41. The molecule has 0 bridgehead atoms. The number of hydrogen-bond donors (Lipinski definition) is 2. The van der Waals surface area contributed by atoms with Crippen molar-refractivity contribution in [2.24, 2.45) is 0 Å². The Hall–Kier alpha value is -1.71. The standard InChI is InChI=1S/C15H24N2O2/c1-5-19-14-7-6-13(10-12(14)4)8-9-16-15(18)17-11(2)3/h6-7,10-11H,5,8-9H2,1-4H3,(H2,16,17,18). The van der Waals surface area contributed by atoms with E-state index < -0.39 is 0 Å². The second kappa shape index (κ2) is 7.67. The molecule has 2 amide bonds. The van der Waals surface area contributed by atoms with Crippen LogP contribution in [0.25, 0.3) is 0 Å². The summed E-state index contributed by atoms with van der Waals surface area (Å²) in [7, 11) is 0. The van der Waals surface area contributed by atoms with E-state index in [-0.39, 0.29) is 12.1 Å². The summed E-state index contributed by atoms with van der Waals surface area (Å²) < 4.78 is 5.50. The summed E-state index contributed by atoms with van der Waals surface area (Å²) in [6, 6.07) is 6.18. The van der Waals surface area contributed by atoms with E-state index in [1.165, 1.54) is 5.56 Å². The molecule has 1 aromatic rings. The van der Waals surface area contributed by atoms with Gasteiger partial charge in [0.25, 0.3) is 0 Å². The fraction of sp³-hybridized carbons (Fsp3) is 0.533. The summed E-state index contributed by atoms with van der Waals surface area (Å²) in [6.45, 7) is 9.20. The van der Waals surface area contributed by atoms with Crippen molar-refractivity contribution < 1.29 is 9.53 Å². The molecule has 0 aromatic heterocycles. The zero-order valence-corrected chi connectivity index (χ0v) is 12.2. The van der Waals surface area contributed by atoms with Crippen LogP contribution in [0.4, 0.5) is 4.79 Å². The van der Waals surface area contributed by atoms with Crippen LogP contribution in [0.1, 0.15) is 31.9 Å². The van der Waals surface area contributed by atoms with E-state index in [1.54, 1.807) is 0 Å². The minimum Gasteiger partial charge on any atom is -0.494 e. The van der Waals surface area contributed by atoms with Crippen molar-refractivity contribution in [2.45, 2.75) is 40.2 Å². The maximum Gasteiger partial charge on any atom is 0.314 e. The first-order valence-corrected chi connectivity index (χ1v) is 6.79. The molecule has 1 rings (SSSR count). The van der Waals surface area contributed by atoms with Crippen molar-refractivity contribution >= 4 is 6.03 Å². The van der Waals surface area contributed by atoms with Gasteiger partial charge in [-0.3, -0.25) is 0 Å². The second-order valence-corrected chi connectivity index (χ2v) is 4.84. The molecule has 0 radical (unpaired) electrons. The Bertz CT molecular complexity index is 417. The monoisotopic (exact) mass is 264 g/mol. The zero-order chi connectivity index (χ0) is 14.3. The molecule has 0 atom stereocenters. The van der Waals surface area contributed by atoms with E-state index in [0.29, 0.717) is 13.2 Å². The maximum atomic E-state index is 11.4. The van der Waals surface area contributed by atoms with Gasteiger partial charge in [-0.2, -0.15) is 0 Å². The molecular formula is C15H24N2O2. The molecule has 4 nitrogen and oxygen atoms in total. The van der Waals surface area contributed by atoms with Crippen LogP contribution in [0.5, 0.6) is 5.75 Å². The van der Waals surface area contributed by atoms with Crippen molar-refractivity contribution in [1.29, 1.82) is 0 Å². The summed E-state index contributed by atoms with van der Waals surface area (Å²) in [5.74, 6) is 0.928. The Kier molecular flexibility index (Phi) is 6.19. The highest BCUT2D eigenvalue weighted by Gasteiger charge is 2.03. The lowest BCUT2D eigenvalue weighted by atomic mass is 10.1. The smallest absolute Gasteiger partial charge is 0.314 e. The Labute approximate surface area is 115 Å². The molecule has 0 unspecified atom stereocenters. The van der Waals surface area contributed by atoms with Gasteiger partial charge in [0.2, 0.25) is 0 Å². The van der Waals surface area contributed by atoms with E-state index in [9.17, 15) is 4.79 Å². The molecule has 0 aliphatic heterocycles. The topological polar surface area (TPSA) is 50.4 Å². The van der Waals surface area contributed by atoms with Crippen molar-refractivity contribution in [3.05, 3.63) is 29.3 Å². The van der Waals surface area contributed by atoms with Gasteiger partial charge in [-0.1, -0.05) is 12.1 Å². The third-order valence-electron chi connectivity index (χ3n) is 2.66. The largest absolute Gasteiger partial charge is 0.494 e. The number of ether oxygens (including phenoxy) is 1. The molecular weight excluding hydrogens is 240 g/mol. The highest BCUT2D eigenvalue weighted by atomic mass is 16.5. The Morgan fingerprint density at radius 3 is 2.68 bits per heavy atom. The van der Waals surface area contributed by atoms with Crippen LogP contribution in [0, 0.1) is 6.92 Å². The summed E-state index contributed by atoms with van der Waals surface area (Å²) >= 11 is 0. The van der Waals surface area contributed by atoms with E-state index in [4.69, 9.17) is 4.74 Å². The van der Waals surface area contributed by atoms with Crippen LogP contribution < -0.4 is 15.4 Å². The fourth-order valence-corrected chi connectivity index (χ4v) is 1.82. The zero-order valence-electron chi connectivity index (χ0n) is 12.2. The average molecular weight is 264 g/mol. The van der Waals surface area contributed by atoms with Gasteiger partial charge in [-0.25, -0.2) is 4.79 Å². The number of benzene rings is 1. The average Bonchev–Trinajstić information content (AvgIpc) is 2.32. The Morgan fingerprint density at radius 2 is 2.11 bits per heavy atom. The highest BCUT2D eigenvalue weighted by Crippen LogP contribution is 2.19. The molecule has 0 aliphatic rings. The Morgan fingerprint density at radius 1 is 1.37 bits per heavy atom. The minimum absolute atomic E-state index is 0.113. The molecule has 1 aromatic carbocycles. The van der Waals surface area contributed by atoms with Crippen LogP contribution in [-0.4, -0.2) is 25.2 Å². The number of carbonyl (C=O) groups is 1. The lowest BCUT2D eigenvalue weighted by Gasteiger charge is -2.11. The summed E-state index contributed by atoms with van der Waals surface area (Å²) in [5.41, 5.74) is 2.33. The van der Waals surface area contributed by atoms with Crippen LogP contribution >= 0.6 is 0 Å². The first kappa shape index (κ1) is 15.3. The van der Waals surface area contributed by atoms with Crippen LogP contribution in [0.3, 0.4) is 0 Å². The predicted molar refractivity (Wildman–Crippen MR) is 77.7 cm³/mol. The molecule has 0 fully saturated rings. The molecule has 4 heteroatoms. The number of amides is 2. The number of rotatable bonds is 6. The van der Waals surface area contributed by atoms with Gasteiger partial charge < -0.3 is 15.4 Å². The molecule has 106 valence electrons. The lowest BCUT2D eigenvalue weighted by molar-refractivity contribution is 0.238. The van der Waals surface area contributed by atoms with Crippen LogP contribution in [-0.2, 0) is 6.42 Å². The fourth-order valence-electron chi connectivity index (χ4n) is 1.82. The van der Waals surface area contributed by atoms with Gasteiger partial charge in [0.05, 0.1) is 6.61 Å². The van der Waals surface area contributed by atoms with E-state index in [0.717, 1.165) is 17.7 Å². The third-order valence-corrected chi connectivity index (χ3v) is 2.66. The van der Waals surface area contributed by atoms with Gasteiger partial charge >= 0.3 is 6.03 Å². The van der Waals surface area contributed by atoms with Crippen LogP contribution in [0.2, 0.25) is 0 Å². The van der Waals surface area contributed by atoms with Gasteiger partial charge in [0, 0.05) is 12.6 Å². The summed E-state index contributed by atoms with van der Waals surface area (Å²) in [4.78, 5) is 11.4. The van der Waals surface area contributed by atoms with Crippen LogP contribution in [0.15, 0.2) is 18.2 Å². The second-order valence-electron chi connectivity index (χ2n) is 4.84. The van der Waals surface area contributed by atoms with E-state index in [1.807, 2.05) is 39.8 Å².